The van der Waals surface area contributed by atoms with Gasteiger partial charge in [0.15, 0.2) is 0 Å². The molecule has 1 saturated heterocycles. The molecular weight excluding hydrogens is 180 g/mol. The maximum atomic E-state index is 11.5. The SMILES string of the molecule is CCC1(O)CN(C(=O)CNC2CC2)C1. The van der Waals surface area contributed by atoms with Gasteiger partial charge in [0.1, 0.15) is 0 Å². The zero-order valence-electron chi connectivity index (χ0n) is 8.62. The van der Waals surface area contributed by atoms with Crippen molar-refractivity contribution in [3.63, 3.8) is 0 Å². The van der Waals surface area contributed by atoms with E-state index in [1.165, 1.54) is 12.8 Å². The second-order valence-electron chi connectivity index (χ2n) is 4.48. The van der Waals surface area contributed by atoms with E-state index in [-0.39, 0.29) is 5.91 Å². The number of amides is 1. The molecule has 2 rings (SSSR count). The first kappa shape index (κ1) is 9.93. The molecule has 1 aliphatic heterocycles. The molecule has 0 unspecified atom stereocenters. The number of hydrogen-bond acceptors (Lipinski definition) is 3. The van der Waals surface area contributed by atoms with Crippen molar-refractivity contribution in [2.24, 2.45) is 0 Å². The minimum Gasteiger partial charge on any atom is -0.386 e. The fourth-order valence-electron chi connectivity index (χ4n) is 1.70. The lowest BCUT2D eigenvalue weighted by atomic mass is 9.91. The Morgan fingerprint density at radius 2 is 2.21 bits per heavy atom. The Labute approximate surface area is 84.3 Å². The number of aliphatic hydroxyl groups is 1. The Bertz CT molecular complexity index is 232. The average Bonchev–Trinajstić information content (AvgIpc) is 2.92. The van der Waals surface area contributed by atoms with Crippen LogP contribution < -0.4 is 5.32 Å². The van der Waals surface area contributed by atoms with Crippen molar-refractivity contribution in [3.05, 3.63) is 0 Å². The molecule has 0 aromatic heterocycles. The highest BCUT2D eigenvalue weighted by Gasteiger charge is 2.41. The molecule has 1 saturated carbocycles. The largest absolute Gasteiger partial charge is 0.386 e. The zero-order valence-corrected chi connectivity index (χ0v) is 8.62. The van der Waals surface area contributed by atoms with E-state index in [4.69, 9.17) is 0 Å². The first-order valence-electron chi connectivity index (χ1n) is 5.36. The highest BCUT2D eigenvalue weighted by Crippen LogP contribution is 2.24. The van der Waals surface area contributed by atoms with Crippen LogP contribution in [0, 0.1) is 0 Å². The lowest BCUT2D eigenvalue weighted by Gasteiger charge is -2.46. The van der Waals surface area contributed by atoms with E-state index in [9.17, 15) is 9.90 Å². The predicted molar refractivity (Wildman–Crippen MR) is 52.8 cm³/mol. The Hall–Kier alpha value is -0.610. The summed E-state index contributed by atoms with van der Waals surface area (Å²) in [6, 6.07) is 0.574. The highest BCUT2D eigenvalue weighted by molar-refractivity contribution is 5.79. The number of likely N-dealkylation sites (tertiary alicyclic amines) is 1. The van der Waals surface area contributed by atoms with E-state index < -0.39 is 5.60 Å². The second kappa shape index (κ2) is 3.51. The molecule has 0 spiro atoms. The molecule has 4 heteroatoms. The maximum Gasteiger partial charge on any atom is 0.236 e. The fourth-order valence-corrected chi connectivity index (χ4v) is 1.70. The number of rotatable bonds is 4. The molecular formula is C10H18N2O2. The summed E-state index contributed by atoms with van der Waals surface area (Å²) in [4.78, 5) is 13.2. The Morgan fingerprint density at radius 1 is 1.57 bits per heavy atom. The van der Waals surface area contributed by atoms with Gasteiger partial charge in [-0.1, -0.05) is 6.92 Å². The van der Waals surface area contributed by atoms with Gasteiger partial charge in [0.25, 0.3) is 0 Å². The molecule has 2 aliphatic rings. The fraction of sp³-hybridized carbons (Fsp3) is 0.900. The minimum absolute atomic E-state index is 0.120. The normalized spacial score (nSPS) is 24.6. The molecule has 14 heavy (non-hydrogen) atoms. The van der Waals surface area contributed by atoms with Crippen molar-refractivity contribution in [2.75, 3.05) is 19.6 Å². The summed E-state index contributed by atoms with van der Waals surface area (Å²) in [6.07, 6.45) is 3.13. The average molecular weight is 198 g/mol. The number of carbonyl (C=O) groups is 1. The van der Waals surface area contributed by atoms with E-state index in [1.807, 2.05) is 6.92 Å². The quantitative estimate of drug-likeness (QED) is 0.653. The van der Waals surface area contributed by atoms with Crippen LogP contribution in [0.4, 0.5) is 0 Å². The van der Waals surface area contributed by atoms with Crippen molar-refractivity contribution >= 4 is 5.91 Å². The summed E-state index contributed by atoms with van der Waals surface area (Å²) in [6.45, 7) is 3.40. The van der Waals surface area contributed by atoms with Crippen molar-refractivity contribution < 1.29 is 9.90 Å². The topological polar surface area (TPSA) is 52.6 Å². The van der Waals surface area contributed by atoms with Gasteiger partial charge in [-0.05, 0) is 19.3 Å². The van der Waals surface area contributed by atoms with Gasteiger partial charge in [0, 0.05) is 6.04 Å². The van der Waals surface area contributed by atoms with Crippen LogP contribution in [0.1, 0.15) is 26.2 Å². The predicted octanol–water partition coefficient (Wildman–Crippen LogP) is -0.278. The van der Waals surface area contributed by atoms with Crippen molar-refractivity contribution in [1.82, 2.24) is 10.2 Å². The number of carbonyl (C=O) groups excluding carboxylic acids is 1. The molecule has 1 aliphatic carbocycles. The van der Waals surface area contributed by atoms with Gasteiger partial charge in [0.2, 0.25) is 5.91 Å². The molecule has 1 heterocycles. The third kappa shape index (κ3) is 2.07. The van der Waals surface area contributed by atoms with E-state index >= 15 is 0 Å². The number of nitrogens with one attached hydrogen (secondary N) is 1. The van der Waals surface area contributed by atoms with Gasteiger partial charge in [-0.2, -0.15) is 0 Å². The summed E-state index contributed by atoms with van der Waals surface area (Å²) in [7, 11) is 0. The molecule has 80 valence electrons. The van der Waals surface area contributed by atoms with Crippen LogP contribution >= 0.6 is 0 Å². The van der Waals surface area contributed by atoms with Crippen molar-refractivity contribution in [3.8, 4) is 0 Å². The van der Waals surface area contributed by atoms with E-state index in [1.54, 1.807) is 4.90 Å². The minimum atomic E-state index is -0.602. The highest BCUT2D eigenvalue weighted by atomic mass is 16.3. The van der Waals surface area contributed by atoms with Crippen molar-refractivity contribution in [1.29, 1.82) is 0 Å². The maximum absolute atomic E-state index is 11.5. The Balaban J connectivity index is 1.67. The van der Waals surface area contributed by atoms with Gasteiger partial charge in [-0.25, -0.2) is 0 Å². The van der Waals surface area contributed by atoms with Gasteiger partial charge < -0.3 is 15.3 Å². The van der Waals surface area contributed by atoms with Gasteiger partial charge >= 0.3 is 0 Å². The summed E-state index contributed by atoms with van der Waals surface area (Å²) in [5, 5.41) is 12.9. The monoisotopic (exact) mass is 198 g/mol. The molecule has 0 atom stereocenters. The van der Waals surface area contributed by atoms with Crippen LogP contribution in [0.15, 0.2) is 0 Å². The smallest absolute Gasteiger partial charge is 0.236 e. The Morgan fingerprint density at radius 3 is 2.71 bits per heavy atom. The third-order valence-electron chi connectivity index (χ3n) is 3.10. The molecule has 0 aromatic rings. The molecule has 2 fully saturated rings. The standard InChI is InChI=1S/C10H18N2O2/c1-2-10(14)6-12(7-10)9(13)5-11-8-3-4-8/h8,11,14H,2-7H2,1H3. The molecule has 0 bridgehead atoms. The molecule has 4 nitrogen and oxygen atoms in total. The molecule has 2 N–H and O–H groups in total. The van der Waals surface area contributed by atoms with E-state index in [0.29, 0.717) is 25.7 Å². The zero-order chi connectivity index (χ0) is 10.2. The van der Waals surface area contributed by atoms with Crippen LogP contribution in [-0.4, -0.2) is 47.2 Å². The summed E-state index contributed by atoms with van der Waals surface area (Å²) in [5.74, 6) is 0.120. The van der Waals surface area contributed by atoms with E-state index in [2.05, 4.69) is 5.32 Å². The number of nitrogens with zero attached hydrogens (tertiary/aromatic N) is 1. The van der Waals surface area contributed by atoms with E-state index in [0.717, 1.165) is 6.42 Å². The van der Waals surface area contributed by atoms with Crippen LogP contribution in [0.3, 0.4) is 0 Å². The van der Waals surface area contributed by atoms with Crippen LogP contribution in [0.2, 0.25) is 0 Å². The summed E-state index contributed by atoms with van der Waals surface area (Å²) in [5.41, 5.74) is -0.602. The van der Waals surface area contributed by atoms with Crippen LogP contribution in [0.25, 0.3) is 0 Å². The summed E-state index contributed by atoms with van der Waals surface area (Å²) >= 11 is 0. The van der Waals surface area contributed by atoms with Gasteiger partial charge in [-0.15, -0.1) is 0 Å². The lowest BCUT2D eigenvalue weighted by Crippen LogP contribution is -2.64. The summed E-state index contributed by atoms with van der Waals surface area (Å²) < 4.78 is 0. The Kier molecular flexibility index (Phi) is 2.49. The van der Waals surface area contributed by atoms with Gasteiger partial charge in [-0.3, -0.25) is 4.79 Å². The van der Waals surface area contributed by atoms with Crippen LogP contribution in [0.5, 0.6) is 0 Å². The molecule has 0 aromatic carbocycles. The number of hydrogen-bond donors (Lipinski definition) is 2. The first-order chi connectivity index (χ1) is 6.63. The second-order valence-corrected chi connectivity index (χ2v) is 4.48. The molecule has 1 amide bonds. The van der Waals surface area contributed by atoms with Gasteiger partial charge in [0.05, 0.1) is 25.2 Å². The first-order valence-corrected chi connectivity index (χ1v) is 5.36. The van der Waals surface area contributed by atoms with Crippen LogP contribution in [-0.2, 0) is 4.79 Å². The molecule has 0 radical (unpaired) electrons. The number of β-amino-alcohol motifs (C(OH)–C–C–N with tert-alkyl or cyclic N) is 1. The third-order valence-corrected chi connectivity index (χ3v) is 3.10. The lowest BCUT2D eigenvalue weighted by molar-refractivity contribution is -0.154. The van der Waals surface area contributed by atoms with Crippen molar-refractivity contribution in [2.45, 2.75) is 37.8 Å².